The fourth-order valence-corrected chi connectivity index (χ4v) is 2.12. The number of rotatable bonds is 6. The van der Waals surface area contributed by atoms with Crippen LogP contribution >= 0.6 is 24.0 Å². The van der Waals surface area contributed by atoms with Crippen LogP contribution in [0.4, 0.5) is 0 Å². The Bertz CT molecular complexity index is 464. The Labute approximate surface area is 130 Å². The van der Waals surface area contributed by atoms with Crippen molar-refractivity contribution in [2.24, 2.45) is 11.7 Å². The summed E-state index contributed by atoms with van der Waals surface area (Å²) >= 11 is 5.85. The predicted octanol–water partition coefficient (Wildman–Crippen LogP) is 2.30. The third-order valence-corrected chi connectivity index (χ3v) is 3.49. The molecule has 0 aromatic heterocycles. The fraction of sp³-hybridized carbons (Fsp3) is 0.500. The molecule has 1 aliphatic carbocycles. The van der Waals surface area contributed by atoms with Crippen LogP contribution in [-0.2, 0) is 4.79 Å². The normalized spacial score (nSPS) is 15.2. The second-order valence-electron chi connectivity index (χ2n) is 5.00. The van der Waals surface area contributed by atoms with Crippen molar-refractivity contribution in [2.75, 3.05) is 13.2 Å². The van der Waals surface area contributed by atoms with E-state index < -0.39 is 0 Å². The summed E-state index contributed by atoms with van der Waals surface area (Å²) in [5, 5.41) is 3.45. The second-order valence-corrected chi connectivity index (χ2v) is 5.44. The molecule has 0 bridgehead atoms. The van der Waals surface area contributed by atoms with E-state index in [-0.39, 0.29) is 31.0 Å². The van der Waals surface area contributed by atoms with Gasteiger partial charge in [0.05, 0.1) is 0 Å². The number of halogens is 2. The average Bonchev–Trinajstić information content (AvgIpc) is 3.19. The first-order valence-corrected chi connectivity index (χ1v) is 6.85. The number of hydrogen-bond acceptors (Lipinski definition) is 3. The number of ether oxygens (including phenoxy) is 1. The number of amides is 1. The van der Waals surface area contributed by atoms with E-state index in [1.54, 1.807) is 18.2 Å². The van der Waals surface area contributed by atoms with Gasteiger partial charge in [0, 0.05) is 17.6 Å². The van der Waals surface area contributed by atoms with Crippen LogP contribution in [0, 0.1) is 12.8 Å². The minimum Gasteiger partial charge on any atom is -0.484 e. The maximum absolute atomic E-state index is 11.6. The molecule has 1 saturated carbocycles. The molecule has 1 aliphatic rings. The molecule has 2 rings (SSSR count). The van der Waals surface area contributed by atoms with Gasteiger partial charge in [-0.05, 0) is 49.4 Å². The molecule has 1 atom stereocenters. The SMILES string of the molecule is Cc1cc(Cl)ccc1OCC(=O)NCC(N)C1CC1.Cl. The molecule has 0 saturated heterocycles. The van der Waals surface area contributed by atoms with E-state index in [0.717, 1.165) is 5.56 Å². The van der Waals surface area contributed by atoms with E-state index in [1.165, 1.54) is 12.8 Å². The van der Waals surface area contributed by atoms with Crippen molar-refractivity contribution in [3.8, 4) is 5.75 Å². The Morgan fingerprint density at radius 2 is 2.25 bits per heavy atom. The highest BCUT2D eigenvalue weighted by Crippen LogP contribution is 2.31. The summed E-state index contributed by atoms with van der Waals surface area (Å²) in [5.74, 6) is 1.11. The summed E-state index contributed by atoms with van der Waals surface area (Å²) in [6.07, 6.45) is 2.36. The lowest BCUT2D eigenvalue weighted by Gasteiger charge is -2.13. The van der Waals surface area contributed by atoms with E-state index in [2.05, 4.69) is 5.32 Å². The largest absolute Gasteiger partial charge is 0.484 e. The number of carbonyl (C=O) groups excluding carboxylic acids is 1. The van der Waals surface area contributed by atoms with E-state index in [4.69, 9.17) is 22.1 Å². The summed E-state index contributed by atoms with van der Waals surface area (Å²) < 4.78 is 5.45. The summed E-state index contributed by atoms with van der Waals surface area (Å²) in [5.41, 5.74) is 6.82. The minimum atomic E-state index is -0.148. The van der Waals surface area contributed by atoms with Crippen molar-refractivity contribution >= 4 is 29.9 Å². The zero-order chi connectivity index (χ0) is 13.8. The molecule has 4 nitrogen and oxygen atoms in total. The van der Waals surface area contributed by atoms with Crippen molar-refractivity contribution in [3.05, 3.63) is 28.8 Å². The third kappa shape index (κ3) is 5.19. The minimum absolute atomic E-state index is 0. The van der Waals surface area contributed by atoms with Crippen molar-refractivity contribution < 1.29 is 9.53 Å². The van der Waals surface area contributed by atoms with Crippen LogP contribution in [0.25, 0.3) is 0 Å². The van der Waals surface area contributed by atoms with Crippen LogP contribution in [0.15, 0.2) is 18.2 Å². The van der Waals surface area contributed by atoms with E-state index in [0.29, 0.717) is 23.2 Å². The zero-order valence-electron chi connectivity index (χ0n) is 11.4. The lowest BCUT2D eigenvalue weighted by Crippen LogP contribution is -2.40. The lowest BCUT2D eigenvalue weighted by atomic mass is 10.2. The van der Waals surface area contributed by atoms with E-state index in [1.807, 2.05) is 6.92 Å². The highest BCUT2D eigenvalue weighted by molar-refractivity contribution is 6.30. The molecule has 3 N–H and O–H groups in total. The van der Waals surface area contributed by atoms with Crippen LogP contribution in [0.5, 0.6) is 5.75 Å². The number of carbonyl (C=O) groups is 1. The molecule has 1 aromatic carbocycles. The van der Waals surface area contributed by atoms with Gasteiger partial charge in [-0.1, -0.05) is 11.6 Å². The second kappa shape index (κ2) is 7.72. The van der Waals surface area contributed by atoms with E-state index >= 15 is 0 Å². The molecule has 6 heteroatoms. The zero-order valence-corrected chi connectivity index (χ0v) is 13.0. The van der Waals surface area contributed by atoms with Crippen LogP contribution in [0.1, 0.15) is 18.4 Å². The van der Waals surface area contributed by atoms with Gasteiger partial charge >= 0.3 is 0 Å². The monoisotopic (exact) mass is 318 g/mol. The number of hydrogen-bond donors (Lipinski definition) is 2. The van der Waals surface area contributed by atoms with Crippen LogP contribution < -0.4 is 15.8 Å². The maximum atomic E-state index is 11.6. The van der Waals surface area contributed by atoms with Gasteiger partial charge in [-0.15, -0.1) is 12.4 Å². The molecule has 1 unspecified atom stereocenters. The first-order valence-electron chi connectivity index (χ1n) is 6.47. The van der Waals surface area contributed by atoms with Gasteiger partial charge in [0.15, 0.2) is 6.61 Å². The fourth-order valence-electron chi connectivity index (χ4n) is 1.89. The molecule has 1 aromatic rings. The lowest BCUT2D eigenvalue weighted by molar-refractivity contribution is -0.123. The van der Waals surface area contributed by atoms with Crippen molar-refractivity contribution in [3.63, 3.8) is 0 Å². The van der Waals surface area contributed by atoms with Crippen LogP contribution in [0.2, 0.25) is 5.02 Å². The molecule has 0 spiro atoms. The van der Waals surface area contributed by atoms with Gasteiger partial charge < -0.3 is 15.8 Å². The van der Waals surface area contributed by atoms with Gasteiger partial charge in [0.25, 0.3) is 5.91 Å². The Kier molecular flexibility index (Phi) is 6.59. The predicted molar refractivity (Wildman–Crippen MR) is 82.6 cm³/mol. The summed E-state index contributed by atoms with van der Waals surface area (Å²) in [6, 6.07) is 5.38. The summed E-state index contributed by atoms with van der Waals surface area (Å²) in [7, 11) is 0. The third-order valence-electron chi connectivity index (χ3n) is 3.26. The molecule has 20 heavy (non-hydrogen) atoms. The number of aryl methyl sites for hydroxylation is 1. The molecule has 1 amide bonds. The number of nitrogens with one attached hydrogen (secondary N) is 1. The number of nitrogens with two attached hydrogens (primary N) is 1. The standard InChI is InChI=1S/C14H19ClN2O2.ClH/c1-9-6-11(15)4-5-13(9)19-8-14(18)17-7-12(16)10-2-3-10;/h4-6,10,12H,2-3,7-8,16H2,1H3,(H,17,18);1H. The first-order chi connectivity index (χ1) is 9.06. The highest BCUT2D eigenvalue weighted by atomic mass is 35.5. The van der Waals surface area contributed by atoms with Gasteiger partial charge in [-0.25, -0.2) is 0 Å². The van der Waals surface area contributed by atoms with E-state index in [9.17, 15) is 4.79 Å². The molecule has 0 heterocycles. The van der Waals surface area contributed by atoms with Gasteiger partial charge in [-0.3, -0.25) is 4.79 Å². The molecule has 112 valence electrons. The maximum Gasteiger partial charge on any atom is 0.257 e. The molecule has 0 radical (unpaired) electrons. The molecule has 1 fully saturated rings. The summed E-state index contributed by atoms with van der Waals surface area (Å²) in [6.45, 7) is 2.41. The Morgan fingerprint density at radius 3 is 2.85 bits per heavy atom. The smallest absolute Gasteiger partial charge is 0.257 e. The molecule has 0 aliphatic heterocycles. The van der Waals surface area contributed by atoms with Gasteiger partial charge in [0.2, 0.25) is 0 Å². The van der Waals surface area contributed by atoms with Crippen LogP contribution in [-0.4, -0.2) is 25.1 Å². The van der Waals surface area contributed by atoms with Gasteiger partial charge in [-0.2, -0.15) is 0 Å². The number of benzene rings is 1. The Hall–Kier alpha value is -0.970. The Morgan fingerprint density at radius 1 is 1.55 bits per heavy atom. The van der Waals surface area contributed by atoms with Gasteiger partial charge in [0.1, 0.15) is 5.75 Å². The average molecular weight is 319 g/mol. The topological polar surface area (TPSA) is 64.3 Å². The molecular formula is C14H20Cl2N2O2. The first kappa shape index (κ1) is 17.1. The highest BCUT2D eigenvalue weighted by Gasteiger charge is 2.28. The quantitative estimate of drug-likeness (QED) is 0.846. The van der Waals surface area contributed by atoms with Crippen LogP contribution in [0.3, 0.4) is 0 Å². The van der Waals surface area contributed by atoms with Crippen molar-refractivity contribution in [1.82, 2.24) is 5.32 Å². The molecular weight excluding hydrogens is 299 g/mol. The Balaban J connectivity index is 0.00000200. The van der Waals surface area contributed by atoms with Crippen molar-refractivity contribution in [1.29, 1.82) is 0 Å². The summed E-state index contributed by atoms with van der Waals surface area (Å²) in [4.78, 5) is 11.6. The van der Waals surface area contributed by atoms with Crippen molar-refractivity contribution in [2.45, 2.75) is 25.8 Å².